The van der Waals surface area contributed by atoms with Crippen LogP contribution in [0.4, 0.5) is 0 Å². The second-order valence-electron chi connectivity index (χ2n) is 6.27. The molecule has 0 aromatic carbocycles. The van der Waals surface area contributed by atoms with Crippen molar-refractivity contribution in [2.24, 2.45) is 0 Å². The summed E-state index contributed by atoms with van der Waals surface area (Å²) in [5.74, 6) is 0.310. The number of nitrogens with zero attached hydrogens (tertiary/aromatic N) is 2. The van der Waals surface area contributed by atoms with Gasteiger partial charge in [-0.05, 0) is 51.7 Å². The number of likely N-dealkylation sites (N-methyl/N-ethyl adjacent to an activating group) is 1. The molecule has 2 fully saturated rings. The highest BCUT2D eigenvalue weighted by Crippen LogP contribution is 2.20. The minimum Gasteiger partial charge on any atom is -0.314 e. The lowest BCUT2D eigenvalue weighted by Crippen LogP contribution is -2.39. The average molecular weight is 317 g/mol. The highest BCUT2D eigenvalue weighted by molar-refractivity contribution is 7.89. The molecule has 0 radical (unpaired) electrons. The molecular weight excluding hydrogens is 286 g/mol. The number of hydrogen-bond donors (Lipinski definition) is 1. The van der Waals surface area contributed by atoms with Crippen LogP contribution in [0.15, 0.2) is 0 Å². The first-order valence-corrected chi connectivity index (χ1v) is 10.1. The number of rotatable bonds is 10. The van der Waals surface area contributed by atoms with E-state index in [1.165, 1.54) is 12.8 Å². The Morgan fingerprint density at radius 3 is 2.48 bits per heavy atom. The van der Waals surface area contributed by atoms with Crippen LogP contribution >= 0.6 is 0 Å². The quantitative estimate of drug-likeness (QED) is 0.617. The molecule has 1 heterocycles. The van der Waals surface area contributed by atoms with Crippen LogP contribution in [-0.2, 0) is 10.0 Å². The van der Waals surface area contributed by atoms with E-state index < -0.39 is 10.0 Å². The highest BCUT2D eigenvalue weighted by Gasteiger charge is 2.33. The molecule has 1 aliphatic heterocycles. The lowest BCUT2D eigenvalue weighted by atomic mass is 10.2. The van der Waals surface area contributed by atoms with Crippen molar-refractivity contribution < 1.29 is 8.42 Å². The fourth-order valence-electron chi connectivity index (χ4n) is 3.13. The Labute approximate surface area is 130 Å². The SMILES string of the molecule is CCN(CC)C1CCN(S(=O)(=O)CCCCNC2CC2)C1. The Kier molecular flexibility index (Phi) is 6.47. The summed E-state index contributed by atoms with van der Waals surface area (Å²) in [7, 11) is -3.05. The lowest BCUT2D eigenvalue weighted by Gasteiger charge is -2.26. The molecule has 0 aromatic heterocycles. The molecule has 21 heavy (non-hydrogen) atoms. The number of unbranched alkanes of at least 4 members (excludes halogenated alkanes) is 1. The van der Waals surface area contributed by atoms with Crippen LogP contribution in [0.2, 0.25) is 0 Å². The first kappa shape index (κ1) is 17.2. The summed E-state index contributed by atoms with van der Waals surface area (Å²) in [6, 6.07) is 1.13. The van der Waals surface area contributed by atoms with Crippen LogP contribution in [0.3, 0.4) is 0 Å². The molecule has 2 rings (SSSR count). The molecule has 2 aliphatic rings. The first-order chi connectivity index (χ1) is 10.1. The lowest BCUT2D eigenvalue weighted by molar-refractivity contribution is 0.224. The van der Waals surface area contributed by atoms with Gasteiger partial charge in [-0.3, -0.25) is 4.90 Å². The van der Waals surface area contributed by atoms with Gasteiger partial charge in [0.25, 0.3) is 0 Å². The normalized spacial score (nSPS) is 24.0. The molecule has 0 aromatic rings. The Hall–Kier alpha value is -0.170. The zero-order valence-corrected chi connectivity index (χ0v) is 14.4. The molecule has 0 spiro atoms. The molecule has 0 amide bonds. The van der Waals surface area contributed by atoms with E-state index in [1.807, 2.05) is 0 Å². The largest absolute Gasteiger partial charge is 0.314 e. The Morgan fingerprint density at radius 1 is 1.14 bits per heavy atom. The summed E-state index contributed by atoms with van der Waals surface area (Å²) in [5, 5.41) is 3.43. The highest BCUT2D eigenvalue weighted by atomic mass is 32.2. The third-order valence-electron chi connectivity index (χ3n) is 4.69. The standard InChI is InChI=1S/C15H31N3O2S/c1-3-17(4-2)15-9-11-18(13-15)21(19,20)12-6-5-10-16-14-7-8-14/h14-16H,3-13H2,1-2H3. The monoisotopic (exact) mass is 317 g/mol. The van der Waals surface area contributed by atoms with E-state index in [0.29, 0.717) is 24.9 Å². The third-order valence-corrected chi connectivity index (χ3v) is 6.61. The summed E-state index contributed by atoms with van der Waals surface area (Å²) in [6.07, 6.45) is 5.29. The van der Waals surface area contributed by atoms with E-state index in [4.69, 9.17) is 0 Å². The van der Waals surface area contributed by atoms with E-state index in [-0.39, 0.29) is 0 Å². The van der Waals surface area contributed by atoms with Crippen molar-refractivity contribution in [3.05, 3.63) is 0 Å². The number of nitrogens with one attached hydrogen (secondary N) is 1. The predicted molar refractivity (Wildman–Crippen MR) is 86.9 cm³/mol. The van der Waals surface area contributed by atoms with Gasteiger partial charge in [0.15, 0.2) is 0 Å². The van der Waals surface area contributed by atoms with Crippen LogP contribution < -0.4 is 5.32 Å². The molecular formula is C15H31N3O2S. The van der Waals surface area contributed by atoms with Crippen LogP contribution in [0, 0.1) is 0 Å². The van der Waals surface area contributed by atoms with Crippen LogP contribution in [0.5, 0.6) is 0 Å². The second-order valence-corrected chi connectivity index (χ2v) is 8.36. The van der Waals surface area contributed by atoms with Crippen molar-refractivity contribution >= 4 is 10.0 Å². The third kappa shape index (κ3) is 5.20. The van der Waals surface area contributed by atoms with Crippen LogP contribution in [-0.4, -0.2) is 68.2 Å². The molecule has 1 unspecified atom stereocenters. The maximum atomic E-state index is 12.4. The maximum absolute atomic E-state index is 12.4. The fourth-order valence-corrected chi connectivity index (χ4v) is 4.74. The van der Waals surface area contributed by atoms with Crippen LogP contribution in [0.1, 0.15) is 46.0 Å². The summed E-state index contributed by atoms with van der Waals surface area (Å²) >= 11 is 0. The van der Waals surface area contributed by atoms with Crippen molar-refractivity contribution in [1.82, 2.24) is 14.5 Å². The van der Waals surface area contributed by atoms with Gasteiger partial charge in [0.2, 0.25) is 10.0 Å². The summed E-state index contributed by atoms with van der Waals surface area (Å²) in [6.45, 7) is 8.64. The van der Waals surface area contributed by atoms with Crippen molar-refractivity contribution in [2.45, 2.75) is 58.0 Å². The van der Waals surface area contributed by atoms with Gasteiger partial charge in [0, 0.05) is 25.2 Å². The molecule has 1 saturated carbocycles. The minimum absolute atomic E-state index is 0.310. The van der Waals surface area contributed by atoms with Crippen molar-refractivity contribution in [3.63, 3.8) is 0 Å². The summed E-state index contributed by atoms with van der Waals surface area (Å²) in [5.41, 5.74) is 0. The van der Waals surface area contributed by atoms with Gasteiger partial charge in [-0.15, -0.1) is 0 Å². The van der Waals surface area contributed by atoms with Crippen molar-refractivity contribution in [1.29, 1.82) is 0 Å². The van der Waals surface area contributed by atoms with E-state index >= 15 is 0 Å². The summed E-state index contributed by atoms with van der Waals surface area (Å²) < 4.78 is 26.5. The molecule has 6 heteroatoms. The van der Waals surface area contributed by atoms with Gasteiger partial charge in [0.1, 0.15) is 0 Å². The van der Waals surface area contributed by atoms with Gasteiger partial charge < -0.3 is 5.32 Å². The predicted octanol–water partition coefficient (Wildman–Crippen LogP) is 1.26. The molecule has 1 aliphatic carbocycles. The minimum atomic E-state index is -3.05. The van der Waals surface area contributed by atoms with Crippen molar-refractivity contribution in [2.75, 3.05) is 38.5 Å². The number of sulfonamides is 1. The van der Waals surface area contributed by atoms with E-state index in [0.717, 1.165) is 44.9 Å². The molecule has 124 valence electrons. The second kappa shape index (κ2) is 7.90. The molecule has 1 saturated heterocycles. The molecule has 1 atom stereocenters. The number of hydrogen-bond acceptors (Lipinski definition) is 4. The average Bonchev–Trinajstić information content (AvgIpc) is 3.14. The zero-order chi connectivity index (χ0) is 15.3. The van der Waals surface area contributed by atoms with Gasteiger partial charge in [-0.25, -0.2) is 12.7 Å². The van der Waals surface area contributed by atoms with Gasteiger partial charge >= 0.3 is 0 Å². The first-order valence-electron chi connectivity index (χ1n) is 8.52. The van der Waals surface area contributed by atoms with Gasteiger partial charge in [-0.1, -0.05) is 13.8 Å². The van der Waals surface area contributed by atoms with Crippen molar-refractivity contribution in [3.8, 4) is 0 Å². The molecule has 1 N–H and O–H groups in total. The van der Waals surface area contributed by atoms with Crippen LogP contribution in [0.25, 0.3) is 0 Å². The smallest absolute Gasteiger partial charge is 0.214 e. The van der Waals surface area contributed by atoms with Gasteiger partial charge in [-0.2, -0.15) is 0 Å². The summed E-state index contributed by atoms with van der Waals surface area (Å²) in [4.78, 5) is 2.37. The van der Waals surface area contributed by atoms with E-state index in [1.54, 1.807) is 4.31 Å². The fraction of sp³-hybridized carbons (Fsp3) is 1.00. The van der Waals surface area contributed by atoms with E-state index in [9.17, 15) is 8.42 Å². The Morgan fingerprint density at radius 2 is 1.86 bits per heavy atom. The molecule has 0 bridgehead atoms. The maximum Gasteiger partial charge on any atom is 0.214 e. The molecule has 5 nitrogen and oxygen atoms in total. The Balaban J connectivity index is 1.69. The zero-order valence-electron chi connectivity index (χ0n) is 13.6. The van der Waals surface area contributed by atoms with E-state index in [2.05, 4.69) is 24.1 Å². The topological polar surface area (TPSA) is 52.7 Å². The van der Waals surface area contributed by atoms with Gasteiger partial charge in [0.05, 0.1) is 5.75 Å². The Bertz CT molecular complexity index is 405.